The zero-order valence-corrected chi connectivity index (χ0v) is 12.3. The number of rotatable bonds is 1. The molecule has 5 rings (SSSR count). The summed E-state index contributed by atoms with van der Waals surface area (Å²) in [5, 5.41) is 9.58. The van der Waals surface area contributed by atoms with E-state index in [1.54, 1.807) is 0 Å². The van der Waals surface area contributed by atoms with Crippen LogP contribution < -0.4 is 5.32 Å². The second kappa shape index (κ2) is 4.34. The second-order valence-electron chi connectivity index (χ2n) is 6.42. The zero-order valence-electron chi connectivity index (χ0n) is 12.3. The highest BCUT2D eigenvalue weighted by atomic mass is 15.4. The topological polar surface area (TPSA) is 45.6 Å². The average molecular weight is 290 g/mol. The largest absolute Gasteiger partial charge is 0.361 e. The van der Waals surface area contributed by atoms with Crippen LogP contribution in [-0.2, 0) is 6.42 Å². The number of nitrogens with zero attached hydrogens (tertiary/aromatic N) is 2. The molecule has 1 fully saturated rings. The summed E-state index contributed by atoms with van der Waals surface area (Å²) in [6.45, 7) is 4.32. The van der Waals surface area contributed by atoms with Gasteiger partial charge in [0.15, 0.2) is 0 Å². The molecule has 110 valence electrons. The van der Waals surface area contributed by atoms with E-state index in [4.69, 9.17) is 0 Å². The van der Waals surface area contributed by atoms with E-state index in [9.17, 15) is 0 Å². The van der Waals surface area contributed by atoms with Gasteiger partial charge >= 0.3 is 0 Å². The number of hydrogen-bond donors (Lipinski definition) is 2. The first-order valence-electron chi connectivity index (χ1n) is 7.83. The highest BCUT2D eigenvalue weighted by molar-refractivity contribution is 5.88. The Hall–Kier alpha value is -2.33. The van der Waals surface area contributed by atoms with Crippen LogP contribution in [0.1, 0.15) is 29.6 Å². The van der Waals surface area contributed by atoms with E-state index < -0.39 is 0 Å². The van der Waals surface area contributed by atoms with Crippen molar-refractivity contribution < 1.29 is 0 Å². The van der Waals surface area contributed by atoms with E-state index in [0.29, 0.717) is 12.0 Å². The monoisotopic (exact) mass is 290 g/mol. The summed E-state index contributed by atoms with van der Waals surface area (Å²) >= 11 is 0. The van der Waals surface area contributed by atoms with Gasteiger partial charge in [0.2, 0.25) is 0 Å². The first-order valence-corrected chi connectivity index (χ1v) is 7.83. The summed E-state index contributed by atoms with van der Waals surface area (Å²) in [5.74, 6) is 0.506. The van der Waals surface area contributed by atoms with Crippen molar-refractivity contribution in [1.82, 2.24) is 20.1 Å². The number of aromatic nitrogens is 3. The van der Waals surface area contributed by atoms with Gasteiger partial charge in [-0.25, -0.2) is 0 Å². The van der Waals surface area contributed by atoms with Crippen LogP contribution in [0.2, 0.25) is 0 Å². The van der Waals surface area contributed by atoms with Crippen LogP contribution in [0.25, 0.3) is 10.9 Å². The summed E-state index contributed by atoms with van der Waals surface area (Å²) < 4.78 is 1.98. The summed E-state index contributed by atoms with van der Waals surface area (Å²) in [4.78, 5) is 3.41. The first-order chi connectivity index (χ1) is 10.8. The number of piperidine rings is 1. The summed E-state index contributed by atoms with van der Waals surface area (Å²) in [6, 6.07) is 9.00. The van der Waals surface area contributed by atoms with E-state index >= 15 is 0 Å². The lowest BCUT2D eigenvalue weighted by atomic mass is 9.74. The standard InChI is InChI=1S/C18H18N4/c1-11-8-14-13-4-2-5-15-17(13)12(10-19-15)9-16(14)21-18(11)22-7-3-6-20-22/h2-7,10,14,16,18-19,21H,1,8-9H2/t14-,16-,18?/m1/s1. The van der Waals surface area contributed by atoms with Gasteiger partial charge in [0.25, 0.3) is 0 Å². The molecular formula is C18H18N4. The Morgan fingerprint density at radius 1 is 1.23 bits per heavy atom. The summed E-state index contributed by atoms with van der Waals surface area (Å²) in [6.07, 6.45) is 8.19. The smallest absolute Gasteiger partial charge is 0.123 e. The molecule has 22 heavy (non-hydrogen) atoms. The predicted molar refractivity (Wildman–Crippen MR) is 86.7 cm³/mol. The average Bonchev–Trinajstić information content (AvgIpc) is 3.19. The van der Waals surface area contributed by atoms with Gasteiger partial charge in [-0.05, 0) is 41.7 Å². The third-order valence-electron chi connectivity index (χ3n) is 5.17. The Kier molecular flexibility index (Phi) is 2.41. The van der Waals surface area contributed by atoms with Crippen molar-refractivity contribution in [2.75, 3.05) is 0 Å². The van der Waals surface area contributed by atoms with E-state index in [1.807, 2.05) is 23.1 Å². The van der Waals surface area contributed by atoms with Gasteiger partial charge in [0.1, 0.15) is 6.17 Å². The van der Waals surface area contributed by atoms with E-state index in [0.717, 1.165) is 12.8 Å². The molecule has 0 spiro atoms. The molecule has 0 radical (unpaired) electrons. The number of benzene rings is 1. The van der Waals surface area contributed by atoms with Crippen LogP contribution in [0, 0.1) is 0 Å². The van der Waals surface area contributed by atoms with Crippen LogP contribution in [0.5, 0.6) is 0 Å². The molecule has 2 aromatic heterocycles. The molecular weight excluding hydrogens is 272 g/mol. The van der Waals surface area contributed by atoms with Gasteiger partial charge in [0, 0.05) is 41.5 Å². The molecule has 4 nitrogen and oxygen atoms in total. The second-order valence-corrected chi connectivity index (χ2v) is 6.42. The predicted octanol–water partition coefficient (Wildman–Crippen LogP) is 3.12. The number of fused-ring (bicyclic) bond motifs is 2. The van der Waals surface area contributed by atoms with Crippen molar-refractivity contribution in [2.45, 2.75) is 31.0 Å². The van der Waals surface area contributed by atoms with Crippen molar-refractivity contribution in [2.24, 2.45) is 0 Å². The fourth-order valence-corrected chi connectivity index (χ4v) is 4.19. The Labute approximate surface area is 128 Å². The van der Waals surface area contributed by atoms with E-state index in [1.165, 1.54) is 27.6 Å². The molecule has 3 aromatic rings. The SMILES string of the molecule is C=C1C[C@@H]2c3cccc4[nH]cc(c34)C[C@H]2NC1n1cccn1. The Bertz CT molecular complexity index is 858. The molecule has 1 aromatic carbocycles. The van der Waals surface area contributed by atoms with Crippen LogP contribution in [0.15, 0.2) is 55.0 Å². The normalized spacial score (nSPS) is 27.1. The number of aromatic amines is 1. The Morgan fingerprint density at radius 2 is 2.18 bits per heavy atom. The lowest BCUT2D eigenvalue weighted by molar-refractivity contribution is 0.276. The van der Waals surface area contributed by atoms with Crippen molar-refractivity contribution in [3.05, 3.63) is 66.1 Å². The molecule has 1 aliphatic carbocycles. The minimum atomic E-state index is 0.107. The summed E-state index contributed by atoms with van der Waals surface area (Å²) in [5.41, 5.74) is 5.34. The quantitative estimate of drug-likeness (QED) is 0.676. The van der Waals surface area contributed by atoms with E-state index in [2.05, 4.69) is 46.4 Å². The van der Waals surface area contributed by atoms with Crippen LogP contribution >= 0.6 is 0 Å². The van der Waals surface area contributed by atoms with Gasteiger partial charge in [-0.2, -0.15) is 5.10 Å². The summed E-state index contributed by atoms with van der Waals surface area (Å²) in [7, 11) is 0. The molecule has 0 saturated carbocycles. The minimum Gasteiger partial charge on any atom is -0.361 e. The van der Waals surface area contributed by atoms with Crippen molar-refractivity contribution >= 4 is 10.9 Å². The number of nitrogens with one attached hydrogen (secondary N) is 2. The zero-order chi connectivity index (χ0) is 14.7. The Morgan fingerprint density at radius 3 is 3.05 bits per heavy atom. The lowest BCUT2D eigenvalue weighted by Gasteiger charge is -2.41. The van der Waals surface area contributed by atoms with Crippen molar-refractivity contribution in [1.29, 1.82) is 0 Å². The van der Waals surface area contributed by atoms with Gasteiger partial charge in [-0.15, -0.1) is 0 Å². The first kappa shape index (κ1) is 12.2. The van der Waals surface area contributed by atoms with Crippen molar-refractivity contribution in [3.8, 4) is 0 Å². The van der Waals surface area contributed by atoms with Gasteiger partial charge in [0.05, 0.1) is 0 Å². The molecule has 1 saturated heterocycles. The molecule has 1 aliphatic heterocycles. The Balaban J connectivity index is 1.58. The highest BCUT2D eigenvalue weighted by Crippen LogP contribution is 2.44. The fourth-order valence-electron chi connectivity index (χ4n) is 4.19. The van der Waals surface area contributed by atoms with Gasteiger partial charge in [-0.3, -0.25) is 10.00 Å². The molecule has 3 heterocycles. The highest BCUT2D eigenvalue weighted by Gasteiger charge is 2.38. The van der Waals surface area contributed by atoms with E-state index in [-0.39, 0.29) is 6.17 Å². The molecule has 0 bridgehead atoms. The van der Waals surface area contributed by atoms with Gasteiger partial charge in [-0.1, -0.05) is 18.7 Å². The van der Waals surface area contributed by atoms with Crippen LogP contribution in [-0.4, -0.2) is 20.8 Å². The fraction of sp³-hybridized carbons (Fsp3) is 0.278. The maximum absolute atomic E-state index is 4.39. The van der Waals surface area contributed by atoms with Crippen LogP contribution in [0.3, 0.4) is 0 Å². The minimum absolute atomic E-state index is 0.107. The number of hydrogen-bond acceptors (Lipinski definition) is 2. The lowest BCUT2D eigenvalue weighted by Crippen LogP contribution is -2.47. The molecule has 0 amide bonds. The molecule has 4 heteroatoms. The van der Waals surface area contributed by atoms with Crippen LogP contribution in [0.4, 0.5) is 0 Å². The van der Waals surface area contributed by atoms with Gasteiger partial charge < -0.3 is 4.98 Å². The molecule has 2 N–H and O–H groups in total. The maximum atomic E-state index is 4.39. The molecule has 1 unspecified atom stereocenters. The maximum Gasteiger partial charge on any atom is 0.123 e. The number of H-pyrrole nitrogens is 1. The molecule has 3 atom stereocenters. The third kappa shape index (κ3) is 1.58. The third-order valence-corrected chi connectivity index (χ3v) is 5.17. The van der Waals surface area contributed by atoms with Crippen molar-refractivity contribution in [3.63, 3.8) is 0 Å². The molecule has 2 aliphatic rings.